The van der Waals surface area contributed by atoms with Crippen molar-refractivity contribution in [3.05, 3.63) is 53.1 Å². The zero-order chi connectivity index (χ0) is 13.1. The van der Waals surface area contributed by atoms with Gasteiger partial charge in [0.2, 0.25) is 0 Å². The van der Waals surface area contributed by atoms with E-state index < -0.39 is 0 Å². The van der Waals surface area contributed by atoms with Gasteiger partial charge in [0.15, 0.2) is 0 Å². The molecule has 2 aromatic rings. The maximum Gasteiger partial charge on any atom is 0.115 e. The minimum absolute atomic E-state index is 0.247. The molecule has 18 heavy (non-hydrogen) atoms. The lowest BCUT2D eigenvalue weighted by Crippen LogP contribution is -2.10. The van der Waals surface area contributed by atoms with Crippen LogP contribution in [0.25, 0.3) is 0 Å². The third-order valence-electron chi connectivity index (χ3n) is 3.11. The van der Waals surface area contributed by atoms with Crippen LogP contribution in [0.2, 0.25) is 0 Å². The van der Waals surface area contributed by atoms with Crippen LogP contribution in [0.4, 0.5) is 5.69 Å². The Kier molecular flexibility index (Phi) is 3.60. The van der Waals surface area contributed by atoms with Crippen LogP contribution >= 0.6 is 0 Å². The smallest absolute Gasteiger partial charge is 0.115 e. The summed E-state index contributed by atoms with van der Waals surface area (Å²) in [5.74, 6) is 0. The van der Waals surface area contributed by atoms with Crippen molar-refractivity contribution in [1.29, 1.82) is 0 Å². The van der Waals surface area contributed by atoms with Crippen LogP contribution in [0.5, 0.6) is 0 Å². The average molecular weight is 241 g/mol. The molecule has 0 aliphatic rings. The van der Waals surface area contributed by atoms with Crippen LogP contribution in [0.3, 0.4) is 0 Å². The Morgan fingerprint density at radius 3 is 2.11 bits per heavy atom. The highest BCUT2D eigenvalue weighted by atomic mass is 15.0. The first-order valence-electron chi connectivity index (χ1n) is 6.17. The van der Waals surface area contributed by atoms with Gasteiger partial charge in [-0.05, 0) is 44.4 Å². The molecule has 0 radical (unpaired) electrons. The first-order chi connectivity index (χ1) is 8.58. The van der Waals surface area contributed by atoms with Gasteiger partial charge in [-0.2, -0.15) is 0 Å². The Bertz CT molecular complexity index is 512. The quantitative estimate of drug-likeness (QED) is 0.892. The standard InChI is InChI=1S/C15H19N3/c1-10-5-11(2)15(12(3)6-10)13(4)18-14-7-16-9-17-8-14/h5-9,13,18H,1-4H3. The molecule has 0 saturated heterocycles. The van der Waals surface area contributed by atoms with Crippen molar-refractivity contribution in [2.24, 2.45) is 0 Å². The molecule has 1 unspecified atom stereocenters. The van der Waals surface area contributed by atoms with Gasteiger partial charge >= 0.3 is 0 Å². The molecule has 1 aromatic heterocycles. The summed E-state index contributed by atoms with van der Waals surface area (Å²) in [5, 5.41) is 3.43. The molecule has 0 aliphatic carbocycles. The highest BCUT2D eigenvalue weighted by Gasteiger charge is 2.11. The summed E-state index contributed by atoms with van der Waals surface area (Å²) in [6.45, 7) is 8.62. The number of hydrogen-bond donors (Lipinski definition) is 1. The van der Waals surface area contributed by atoms with Crippen LogP contribution in [-0.4, -0.2) is 9.97 Å². The fraction of sp³-hybridized carbons (Fsp3) is 0.333. The number of aryl methyl sites for hydroxylation is 3. The Balaban J connectivity index is 2.27. The summed E-state index contributed by atoms with van der Waals surface area (Å²) in [5.41, 5.74) is 6.26. The van der Waals surface area contributed by atoms with E-state index in [1.54, 1.807) is 12.4 Å². The van der Waals surface area contributed by atoms with Gasteiger partial charge in [0.1, 0.15) is 6.33 Å². The second kappa shape index (κ2) is 5.17. The van der Waals surface area contributed by atoms with Crippen LogP contribution in [0.15, 0.2) is 30.9 Å². The minimum atomic E-state index is 0.247. The second-order valence-electron chi connectivity index (χ2n) is 4.81. The van der Waals surface area contributed by atoms with Gasteiger partial charge in [0.25, 0.3) is 0 Å². The average Bonchev–Trinajstić information content (AvgIpc) is 2.28. The van der Waals surface area contributed by atoms with E-state index in [1.165, 1.54) is 28.6 Å². The normalized spacial score (nSPS) is 12.2. The molecule has 0 spiro atoms. The van der Waals surface area contributed by atoms with Crippen LogP contribution in [0, 0.1) is 20.8 Å². The highest BCUT2D eigenvalue weighted by Crippen LogP contribution is 2.25. The van der Waals surface area contributed by atoms with Crippen LogP contribution in [0.1, 0.15) is 35.2 Å². The van der Waals surface area contributed by atoms with E-state index in [9.17, 15) is 0 Å². The second-order valence-corrected chi connectivity index (χ2v) is 4.81. The van der Waals surface area contributed by atoms with Crippen molar-refractivity contribution in [2.45, 2.75) is 33.7 Å². The fourth-order valence-electron chi connectivity index (χ4n) is 2.57. The molecule has 0 amide bonds. The summed E-state index contributed by atoms with van der Waals surface area (Å²) < 4.78 is 0. The molecule has 1 N–H and O–H groups in total. The van der Waals surface area contributed by atoms with Crippen LogP contribution in [-0.2, 0) is 0 Å². The summed E-state index contributed by atoms with van der Waals surface area (Å²) in [6, 6.07) is 4.70. The molecule has 1 aromatic carbocycles. The highest BCUT2D eigenvalue weighted by molar-refractivity contribution is 5.46. The van der Waals surface area contributed by atoms with Crippen molar-refractivity contribution in [2.75, 3.05) is 5.32 Å². The molecule has 1 atom stereocenters. The molecule has 3 heteroatoms. The van der Waals surface area contributed by atoms with Gasteiger partial charge in [-0.3, -0.25) is 0 Å². The van der Waals surface area contributed by atoms with Gasteiger partial charge < -0.3 is 5.32 Å². The molecular formula is C15H19N3. The van der Waals surface area contributed by atoms with E-state index in [-0.39, 0.29) is 6.04 Å². The zero-order valence-electron chi connectivity index (χ0n) is 11.4. The third-order valence-corrected chi connectivity index (χ3v) is 3.11. The van der Waals surface area contributed by atoms with E-state index in [4.69, 9.17) is 0 Å². The number of anilines is 1. The van der Waals surface area contributed by atoms with Crippen molar-refractivity contribution in [3.8, 4) is 0 Å². The topological polar surface area (TPSA) is 37.8 Å². The summed E-state index contributed by atoms with van der Waals surface area (Å²) >= 11 is 0. The molecule has 2 rings (SSSR count). The van der Waals surface area contributed by atoms with Gasteiger partial charge in [0, 0.05) is 6.04 Å². The Morgan fingerprint density at radius 1 is 1.00 bits per heavy atom. The number of nitrogens with zero attached hydrogens (tertiary/aromatic N) is 2. The number of aromatic nitrogens is 2. The number of hydrogen-bond acceptors (Lipinski definition) is 3. The lowest BCUT2D eigenvalue weighted by Gasteiger charge is -2.20. The zero-order valence-corrected chi connectivity index (χ0v) is 11.4. The van der Waals surface area contributed by atoms with E-state index in [0.717, 1.165) is 5.69 Å². The molecule has 94 valence electrons. The van der Waals surface area contributed by atoms with E-state index in [1.807, 2.05) is 0 Å². The summed E-state index contributed by atoms with van der Waals surface area (Å²) in [6.07, 6.45) is 5.13. The van der Waals surface area contributed by atoms with Crippen molar-refractivity contribution in [3.63, 3.8) is 0 Å². The number of benzene rings is 1. The Hall–Kier alpha value is -1.90. The minimum Gasteiger partial charge on any atom is -0.376 e. The van der Waals surface area contributed by atoms with Gasteiger partial charge in [-0.15, -0.1) is 0 Å². The van der Waals surface area contributed by atoms with Crippen molar-refractivity contribution in [1.82, 2.24) is 9.97 Å². The maximum atomic E-state index is 4.02. The van der Waals surface area contributed by atoms with Gasteiger partial charge in [-0.25, -0.2) is 9.97 Å². The Morgan fingerprint density at radius 2 is 1.56 bits per heavy atom. The van der Waals surface area contributed by atoms with Crippen molar-refractivity contribution >= 4 is 5.69 Å². The molecule has 0 bridgehead atoms. The predicted octanol–water partition coefficient (Wildman–Crippen LogP) is 3.57. The molecule has 0 fully saturated rings. The van der Waals surface area contributed by atoms with Gasteiger partial charge in [0.05, 0.1) is 18.1 Å². The number of rotatable bonds is 3. The van der Waals surface area contributed by atoms with Gasteiger partial charge in [-0.1, -0.05) is 17.7 Å². The predicted molar refractivity (Wildman–Crippen MR) is 74.7 cm³/mol. The van der Waals surface area contributed by atoms with E-state index >= 15 is 0 Å². The van der Waals surface area contributed by atoms with Crippen molar-refractivity contribution < 1.29 is 0 Å². The molecular weight excluding hydrogens is 222 g/mol. The molecule has 0 saturated carbocycles. The first kappa shape index (κ1) is 12.6. The van der Waals surface area contributed by atoms with E-state index in [0.29, 0.717) is 0 Å². The summed E-state index contributed by atoms with van der Waals surface area (Å²) in [4.78, 5) is 8.03. The Labute approximate surface area is 108 Å². The molecule has 3 nitrogen and oxygen atoms in total. The fourth-order valence-corrected chi connectivity index (χ4v) is 2.57. The monoisotopic (exact) mass is 241 g/mol. The lowest BCUT2D eigenvalue weighted by atomic mass is 9.95. The molecule has 0 aliphatic heterocycles. The molecule has 1 heterocycles. The van der Waals surface area contributed by atoms with Crippen LogP contribution < -0.4 is 5.32 Å². The van der Waals surface area contributed by atoms with E-state index in [2.05, 4.69) is 55.1 Å². The summed E-state index contributed by atoms with van der Waals surface area (Å²) in [7, 11) is 0. The first-order valence-corrected chi connectivity index (χ1v) is 6.17. The maximum absolute atomic E-state index is 4.02. The third kappa shape index (κ3) is 2.67. The SMILES string of the molecule is Cc1cc(C)c(C(C)Nc2cncnc2)c(C)c1. The number of nitrogens with one attached hydrogen (secondary N) is 1. The lowest BCUT2D eigenvalue weighted by molar-refractivity contribution is 0.858. The largest absolute Gasteiger partial charge is 0.376 e.